The summed E-state index contributed by atoms with van der Waals surface area (Å²) in [6.45, 7) is 1.76. The summed E-state index contributed by atoms with van der Waals surface area (Å²) in [7, 11) is -0.667. The van der Waals surface area contributed by atoms with Crippen molar-refractivity contribution < 1.29 is 5.02 Å². The summed E-state index contributed by atoms with van der Waals surface area (Å²) < 4.78 is 1.00. The summed E-state index contributed by atoms with van der Waals surface area (Å²) in [5.41, 5.74) is 5.74. The lowest BCUT2D eigenvalue weighted by molar-refractivity contribution is 0.578. The van der Waals surface area contributed by atoms with E-state index in [1.54, 1.807) is 6.82 Å². The second-order valence-electron chi connectivity index (χ2n) is 7.19. The van der Waals surface area contributed by atoms with Crippen LogP contribution in [0.2, 0.25) is 6.82 Å². The molecule has 3 nitrogen and oxygen atoms in total. The van der Waals surface area contributed by atoms with E-state index in [0.29, 0.717) is 0 Å². The summed E-state index contributed by atoms with van der Waals surface area (Å²) in [6, 6.07) is 36.2. The Bertz CT molecular complexity index is 1100. The first-order valence-electron chi connectivity index (χ1n) is 10.1. The minimum atomic E-state index is -0.667. The molecule has 4 aromatic carbocycles. The molecule has 0 saturated carbocycles. The van der Waals surface area contributed by atoms with Crippen molar-refractivity contribution in [3.63, 3.8) is 0 Å². The number of hydrogen-bond donors (Lipinski definition) is 1. The highest BCUT2D eigenvalue weighted by Crippen LogP contribution is 2.29. The Morgan fingerprint density at radius 2 is 1.16 bits per heavy atom. The monoisotopic (exact) mass is 468 g/mol. The molecular weight excluding hydrogens is 447 g/mol. The minimum absolute atomic E-state index is 0.667. The molecule has 0 spiro atoms. The van der Waals surface area contributed by atoms with Crippen LogP contribution in [0.5, 0.6) is 0 Å². The van der Waals surface area contributed by atoms with E-state index >= 15 is 0 Å². The molecule has 0 aromatic heterocycles. The van der Waals surface area contributed by atoms with Gasteiger partial charge in [0.2, 0.25) is 0 Å². The standard InChI is InChI=1S/C26H22BBrN2O/c1-27(31)30(24-16-12-22(28)13-17-24)25-18-14-23(15-19-25)29-26(20-8-4-2-5-9-20)21-10-6-3-7-11-21/h2-19,31H,1H3. The van der Waals surface area contributed by atoms with Crippen molar-refractivity contribution in [1.82, 2.24) is 0 Å². The molecule has 152 valence electrons. The van der Waals surface area contributed by atoms with Gasteiger partial charge in [0.05, 0.1) is 11.4 Å². The second kappa shape index (κ2) is 9.77. The Balaban J connectivity index is 1.70. The SMILES string of the molecule is CB(O)N(c1ccc(Br)cc1)c1ccc(N=C(c2ccccc2)c2ccccc2)cc1. The lowest BCUT2D eigenvalue weighted by atomic mass is 9.83. The summed E-state index contributed by atoms with van der Waals surface area (Å²) in [4.78, 5) is 6.84. The topological polar surface area (TPSA) is 35.8 Å². The van der Waals surface area contributed by atoms with Crippen molar-refractivity contribution in [2.24, 2.45) is 4.99 Å². The Labute approximate surface area is 192 Å². The van der Waals surface area contributed by atoms with Gasteiger partial charge in [0.25, 0.3) is 0 Å². The lowest BCUT2D eigenvalue weighted by Crippen LogP contribution is -2.32. The van der Waals surface area contributed by atoms with E-state index < -0.39 is 7.05 Å². The summed E-state index contributed by atoms with van der Waals surface area (Å²) in [6.07, 6.45) is 0. The van der Waals surface area contributed by atoms with Crippen molar-refractivity contribution in [3.05, 3.63) is 125 Å². The number of nitrogens with zero attached hydrogens (tertiary/aromatic N) is 2. The molecule has 0 radical (unpaired) electrons. The average Bonchev–Trinajstić information content (AvgIpc) is 2.81. The van der Waals surface area contributed by atoms with Crippen LogP contribution in [-0.4, -0.2) is 17.8 Å². The maximum absolute atomic E-state index is 10.4. The highest BCUT2D eigenvalue weighted by molar-refractivity contribution is 9.10. The molecule has 4 aromatic rings. The Hall–Kier alpha value is -3.15. The van der Waals surface area contributed by atoms with Crippen LogP contribution in [0.15, 0.2) is 119 Å². The smallest absolute Gasteiger partial charge is 0.414 e. The Kier molecular flexibility index (Phi) is 6.65. The van der Waals surface area contributed by atoms with E-state index in [4.69, 9.17) is 4.99 Å². The van der Waals surface area contributed by atoms with E-state index in [1.807, 2.05) is 89.7 Å². The van der Waals surface area contributed by atoms with Crippen molar-refractivity contribution >= 4 is 45.8 Å². The molecule has 0 aliphatic carbocycles. The van der Waals surface area contributed by atoms with Gasteiger partial charge in [0.15, 0.2) is 0 Å². The van der Waals surface area contributed by atoms with Crippen LogP contribution in [0.4, 0.5) is 17.1 Å². The first-order chi connectivity index (χ1) is 15.1. The van der Waals surface area contributed by atoms with Crippen molar-refractivity contribution in [1.29, 1.82) is 0 Å². The van der Waals surface area contributed by atoms with Gasteiger partial charge >= 0.3 is 7.05 Å². The van der Waals surface area contributed by atoms with E-state index in [2.05, 4.69) is 40.2 Å². The molecule has 1 N–H and O–H groups in total. The number of rotatable bonds is 6. The van der Waals surface area contributed by atoms with Gasteiger partial charge in [0, 0.05) is 27.0 Å². The fraction of sp³-hybridized carbons (Fsp3) is 0.0385. The first kappa shape index (κ1) is 21.1. The quantitative estimate of drug-likeness (QED) is 0.247. The van der Waals surface area contributed by atoms with E-state index in [9.17, 15) is 5.02 Å². The Morgan fingerprint density at radius 1 is 0.710 bits per heavy atom. The highest BCUT2D eigenvalue weighted by atomic mass is 79.9. The third-order valence-corrected chi connectivity index (χ3v) is 5.47. The number of aliphatic imine (C=N–C) groups is 1. The van der Waals surface area contributed by atoms with Gasteiger partial charge < -0.3 is 9.83 Å². The number of anilines is 2. The number of halogens is 1. The van der Waals surface area contributed by atoms with Gasteiger partial charge in [-0.2, -0.15) is 0 Å². The predicted octanol–water partition coefficient (Wildman–Crippen LogP) is 6.87. The van der Waals surface area contributed by atoms with E-state index in [-0.39, 0.29) is 0 Å². The van der Waals surface area contributed by atoms with Gasteiger partial charge in [-0.15, -0.1) is 0 Å². The number of benzene rings is 4. The van der Waals surface area contributed by atoms with Crippen molar-refractivity contribution in [2.75, 3.05) is 4.81 Å². The van der Waals surface area contributed by atoms with E-state index in [1.165, 1.54) is 0 Å². The summed E-state index contributed by atoms with van der Waals surface area (Å²) in [5.74, 6) is 0. The van der Waals surface area contributed by atoms with Crippen LogP contribution < -0.4 is 4.81 Å². The fourth-order valence-electron chi connectivity index (χ4n) is 3.49. The van der Waals surface area contributed by atoms with Crippen molar-refractivity contribution in [2.45, 2.75) is 6.82 Å². The maximum atomic E-state index is 10.4. The van der Waals surface area contributed by atoms with E-state index in [0.717, 1.165) is 38.4 Å². The molecule has 5 heteroatoms. The van der Waals surface area contributed by atoms with Gasteiger partial charge in [-0.1, -0.05) is 76.6 Å². The van der Waals surface area contributed by atoms with Crippen LogP contribution in [-0.2, 0) is 0 Å². The third-order valence-electron chi connectivity index (χ3n) is 4.94. The molecule has 0 heterocycles. The zero-order valence-corrected chi connectivity index (χ0v) is 18.8. The molecule has 0 aliphatic heterocycles. The van der Waals surface area contributed by atoms with Crippen LogP contribution in [0.3, 0.4) is 0 Å². The molecule has 0 unspecified atom stereocenters. The average molecular weight is 469 g/mol. The van der Waals surface area contributed by atoms with Gasteiger partial charge in [-0.05, 0) is 55.4 Å². The van der Waals surface area contributed by atoms with Gasteiger partial charge in [-0.25, -0.2) is 4.99 Å². The molecule has 0 bridgehead atoms. The summed E-state index contributed by atoms with van der Waals surface area (Å²) in [5, 5.41) is 10.4. The van der Waals surface area contributed by atoms with Crippen LogP contribution in [0.25, 0.3) is 0 Å². The summed E-state index contributed by atoms with van der Waals surface area (Å²) >= 11 is 3.46. The van der Waals surface area contributed by atoms with Gasteiger partial charge in [-0.3, -0.25) is 0 Å². The lowest BCUT2D eigenvalue weighted by Gasteiger charge is -2.26. The fourth-order valence-corrected chi connectivity index (χ4v) is 3.75. The molecule has 0 amide bonds. The van der Waals surface area contributed by atoms with Crippen LogP contribution in [0.1, 0.15) is 11.1 Å². The van der Waals surface area contributed by atoms with Gasteiger partial charge in [0.1, 0.15) is 0 Å². The molecular formula is C26H22BBrN2O. The van der Waals surface area contributed by atoms with Crippen molar-refractivity contribution in [3.8, 4) is 0 Å². The van der Waals surface area contributed by atoms with Crippen LogP contribution in [0, 0.1) is 0 Å². The normalized spacial score (nSPS) is 10.4. The van der Waals surface area contributed by atoms with Crippen LogP contribution >= 0.6 is 15.9 Å². The maximum Gasteiger partial charge on any atom is 0.414 e. The number of hydrogen-bond acceptors (Lipinski definition) is 3. The molecule has 0 aliphatic rings. The Morgan fingerprint density at radius 3 is 1.61 bits per heavy atom. The highest BCUT2D eigenvalue weighted by Gasteiger charge is 2.19. The third kappa shape index (κ3) is 5.13. The molecule has 4 rings (SSSR count). The molecule has 31 heavy (non-hydrogen) atoms. The molecule has 0 atom stereocenters. The molecule has 0 fully saturated rings. The molecule has 0 saturated heterocycles. The largest absolute Gasteiger partial charge is 0.432 e. The first-order valence-corrected chi connectivity index (χ1v) is 10.9. The zero-order chi connectivity index (χ0) is 21.6. The minimum Gasteiger partial charge on any atom is -0.432 e. The predicted molar refractivity (Wildman–Crippen MR) is 135 cm³/mol. The zero-order valence-electron chi connectivity index (χ0n) is 17.2. The second-order valence-corrected chi connectivity index (χ2v) is 8.10.